The molecule has 1 heterocycles. The van der Waals surface area contributed by atoms with Gasteiger partial charge in [0.05, 0.1) is 18.4 Å². The Morgan fingerprint density at radius 2 is 2.14 bits per heavy atom. The minimum atomic E-state index is -0.00847. The number of aliphatic hydroxyl groups is 1. The molecule has 3 nitrogen and oxygen atoms in total. The van der Waals surface area contributed by atoms with E-state index in [0.717, 1.165) is 22.3 Å². The first-order valence-electron chi connectivity index (χ1n) is 7.24. The van der Waals surface area contributed by atoms with Crippen molar-refractivity contribution in [2.45, 2.75) is 38.1 Å². The smallest absolute Gasteiger partial charge is 0.233 e. The Kier molecular flexibility index (Phi) is 5.74. The van der Waals surface area contributed by atoms with Crippen LogP contribution in [-0.4, -0.2) is 40.9 Å². The summed E-state index contributed by atoms with van der Waals surface area (Å²) < 4.78 is 1.10. The van der Waals surface area contributed by atoms with Gasteiger partial charge in [-0.15, -0.1) is 11.8 Å². The molecular formula is C16H22BrNO2S. The monoisotopic (exact) mass is 371 g/mol. The summed E-state index contributed by atoms with van der Waals surface area (Å²) in [5.41, 5.74) is 2.36. The van der Waals surface area contributed by atoms with Gasteiger partial charge >= 0.3 is 0 Å². The van der Waals surface area contributed by atoms with Crippen LogP contribution < -0.4 is 0 Å². The van der Waals surface area contributed by atoms with Crippen molar-refractivity contribution >= 4 is 33.6 Å². The van der Waals surface area contributed by atoms with E-state index in [4.69, 9.17) is 0 Å². The minimum Gasteiger partial charge on any atom is -0.394 e. The molecule has 0 spiro atoms. The van der Waals surface area contributed by atoms with Gasteiger partial charge in [0.15, 0.2) is 0 Å². The van der Waals surface area contributed by atoms with Crippen molar-refractivity contribution in [2.75, 3.05) is 18.9 Å². The lowest BCUT2D eigenvalue weighted by Gasteiger charge is -2.25. The summed E-state index contributed by atoms with van der Waals surface area (Å²) in [5.74, 6) is 0.953. The minimum absolute atomic E-state index is 0.00847. The fraction of sp³-hybridized carbons (Fsp3) is 0.562. The predicted molar refractivity (Wildman–Crippen MR) is 90.7 cm³/mol. The second kappa shape index (κ2) is 7.16. The number of rotatable bonds is 4. The van der Waals surface area contributed by atoms with Gasteiger partial charge in [-0.2, -0.15) is 0 Å². The highest BCUT2D eigenvalue weighted by molar-refractivity contribution is 9.10. The summed E-state index contributed by atoms with van der Waals surface area (Å²) in [7, 11) is 0. The zero-order valence-corrected chi connectivity index (χ0v) is 15.1. The van der Waals surface area contributed by atoms with Gasteiger partial charge in [-0.25, -0.2) is 0 Å². The number of aliphatic hydroxyl groups excluding tert-OH is 1. The number of benzene rings is 1. The molecule has 0 unspecified atom stereocenters. The van der Waals surface area contributed by atoms with Gasteiger partial charge in [0.25, 0.3) is 0 Å². The van der Waals surface area contributed by atoms with E-state index >= 15 is 0 Å². The molecule has 0 radical (unpaired) electrons. The normalized spacial score (nSPS) is 21.9. The Morgan fingerprint density at radius 3 is 2.81 bits per heavy atom. The van der Waals surface area contributed by atoms with E-state index in [2.05, 4.69) is 48.8 Å². The lowest BCUT2D eigenvalue weighted by atomic mass is 10.0. The number of hydrogen-bond acceptors (Lipinski definition) is 3. The Hall–Kier alpha value is -0.520. The lowest BCUT2D eigenvalue weighted by Crippen LogP contribution is -2.40. The number of hydrogen-bond donors (Lipinski definition) is 1. The Balaban J connectivity index is 2.00. The van der Waals surface area contributed by atoms with Crippen LogP contribution in [0.1, 0.15) is 24.5 Å². The number of halogens is 1. The van der Waals surface area contributed by atoms with Crippen LogP contribution in [0.3, 0.4) is 0 Å². The summed E-state index contributed by atoms with van der Waals surface area (Å²) in [6.45, 7) is 7.05. The third kappa shape index (κ3) is 3.82. The molecule has 0 saturated carbocycles. The number of amides is 1. The van der Waals surface area contributed by atoms with Gasteiger partial charge in [0.2, 0.25) is 5.91 Å². The van der Waals surface area contributed by atoms with E-state index in [0.29, 0.717) is 11.7 Å². The second-order valence-electron chi connectivity index (χ2n) is 5.76. The van der Waals surface area contributed by atoms with Crippen molar-refractivity contribution < 1.29 is 9.90 Å². The van der Waals surface area contributed by atoms with Crippen LogP contribution in [0, 0.1) is 19.8 Å². The largest absolute Gasteiger partial charge is 0.394 e. The van der Waals surface area contributed by atoms with Gasteiger partial charge < -0.3 is 10.0 Å². The quantitative estimate of drug-likeness (QED) is 0.824. The maximum atomic E-state index is 12.4. The average Bonchev–Trinajstić information content (AvgIpc) is 2.82. The number of aryl methyl sites for hydroxylation is 2. The first-order valence-corrected chi connectivity index (χ1v) is 9.01. The van der Waals surface area contributed by atoms with Gasteiger partial charge in [-0.1, -0.05) is 22.9 Å². The highest BCUT2D eigenvalue weighted by Gasteiger charge is 2.33. The van der Waals surface area contributed by atoms with Crippen molar-refractivity contribution in [3.8, 4) is 0 Å². The van der Waals surface area contributed by atoms with Gasteiger partial charge in [0.1, 0.15) is 0 Å². The van der Waals surface area contributed by atoms with Crippen LogP contribution in [-0.2, 0) is 4.79 Å². The Morgan fingerprint density at radius 1 is 1.43 bits per heavy atom. The van der Waals surface area contributed by atoms with Crippen LogP contribution in [0.5, 0.6) is 0 Å². The van der Waals surface area contributed by atoms with Crippen LogP contribution in [0.4, 0.5) is 0 Å². The van der Waals surface area contributed by atoms with Crippen molar-refractivity contribution in [3.63, 3.8) is 0 Å². The molecule has 5 heteroatoms. The Labute approximate surface area is 139 Å². The highest BCUT2D eigenvalue weighted by Crippen LogP contribution is 2.30. The fourth-order valence-corrected chi connectivity index (χ4v) is 4.18. The molecular weight excluding hydrogens is 350 g/mol. The van der Waals surface area contributed by atoms with E-state index in [1.807, 2.05) is 4.90 Å². The molecule has 1 fully saturated rings. The van der Waals surface area contributed by atoms with E-state index in [1.165, 1.54) is 11.1 Å². The second-order valence-corrected chi connectivity index (χ2v) is 7.63. The molecule has 1 amide bonds. The van der Waals surface area contributed by atoms with Crippen molar-refractivity contribution in [1.29, 1.82) is 0 Å². The van der Waals surface area contributed by atoms with E-state index in [-0.39, 0.29) is 18.6 Å². The number of carbonyl (C=O) groups is 1. The molecule has 1 aromatic rings. The topological polar surface area (TPSA) is 40.5 Å². The van der Waals surface area contributed by atoms with E-state index in [9.17, 15) is 9.90 Å². The van der Waals surface area contributed by atoms with Crippen LogP contribution in [0.15, 0.2) is 21.5 Å². The van der Waals surface area contributed by atoms with Crippen molar-refractivity contribution in [1.82, 2.24) is 4.90 Å². The predicted octanol–water partition coefficient (Wildman–Crippen LogP) is 3.39. The molecule has 2 atom stereocenters. The molecule has 21 heavy (non-hydrogen) atoms. The Bertz CT molecular complexity index is 535. The molecule has 1 aliphatic rings. The molecule has 0 bridgehead atoms. The van der Waals surface area contributed by atoms with Crippen LogP contribution in [0.2, 0.25) is 0 Å². The summed E-state index contributed by atoms with van der Waals surface area (Å²) in [6, 6.07) is 4.20. The number of nitrogens with zero attached hydrogens (tertiary/aromatic N) is 1. The van der Waals surface area contributed by atoms with E-state index in [1.54, 1.807) is 11.8 Å². The van der Waals surface area contributed by atoms with Gasteiger partial charge in [-0.3, -0.25) is 4.79 Å². The maximum absolute atomic E-state index is 12.4. The molecule has 116 valence electrons. The maximum Gasteiger partial charge on any atom is 0.233 e. The lowest BCUT2D eigenvalue weighted by molar-refractivity contribution is -0.130. The summed E-state index contributed by atoms with van der Waals surface area (Å²) in [6.07, 6.45) is 0.984. The van der Waals surface area contributed by atoms with Crippen molar-refractivity contribution in [3.05, 3.63) is 27.7 Å². The molecule has 1 aliphatic heterocycles. The summed E-state index contributed by atoms with van der Waals surface area (Å²) in [4.78, 5) is 15.4. The van der Waals surface area contributed by atoms with Crippen LogP contribution in [0.25, 0.3) is 0 Å². The molecule has 0 aromatic heterocycles. The first kappa shape index (κ1) is 16.8. The molecule has 0 aliphatic carbocycles. The molecule has 1 N–H and O–H groups in total. The number of thioether (sulfide) groups is 1. The number of likely N-dealkylation sites (tertiary alicyclic amines) is 1. The zero-order chi connectivity index (χ0) is 15.6. The third-order valence-corrected chi connectivity index (χ3v) is 6.19. The number of carbonyl (C=O) groups excluding carboxylic acids is 1. The third-order valence-electron chi connectivity index (χ3n) is 4.20. The first-order chi connectivity index (χ1) is 9.93. The van der Waals surface area contributed by atoms with Crippen molar-refractivity contribution in [2.24, 2.45) is 5.92 Å². The molecule has 1 saturated heterocycles. The average molecular weight is 372 g/mol. The molecule has 2 rings (SSSR count). The summed E-state index contributed by atoms with van der Waals surface area (Å²) >= 11 is 5.11. The SMILES string of the molecule is Cc1cc(SCC(=O)N2CC[C@@H](C)[C@H]2CO)c(C)cc1Br. The zero-order valence-electron chi connectivity index (χ0n) is 12.7. The standard InChI is InChI=1S/C16H22BrNO2S/c1-10-4-5-18(14(10)8-19)16(20)9-21-15-7-11(2)13(17)6-12(15)3/h6-7,10,14,19H,4-5,8-9H2,1-3H3/t10-,14-/m1/s1. The molecule has 1 aromatic carbocycles. The van der Waals surface area contributed by atoms with Gasteiger partial charge in [0, 0.05) is 15.9 Å². The van der Waals surface area contributed by atoms with Gasteiger partial charge in [-0.05, 0) is 49.4 Å². The van der Waals surface area contributed by atoms with E-state index < -0.39 is 0 Å². The summed E-state index contributed by atoms with van der Waals surface area (Å²) in [5, 5.41) is 9.45. The fourth-order valence-electron chi connectivity index (χ4n) is 2.73. The van der Waals surface area contributed by atoms with Crippen LogP contribution >= 0.6 is 27.7 Å². The highest BCUT2D eigenvalue weighted by atomic mass is 79.9.